The summed E-state index contributed by atoms with van der Waals surface area (Å²) in [5.41, 5.74) is 3.28. The van der Waals surface area contributed by atoms with Crippen molar-refractivity contribution in [2.24, 2.45) is 11.3 Å². The molecule has 0 aromatic carbocycles. The third-order valence-electron chi connectivity index (χ3n) is 3.82. The molecule has 0 saturated heterocycles. The Kier molecular flexibility index (Phi) is 7.18. The van der Waals surface area contributed by atoms with Crippen LogP contribution in [0.15, 0.2) is 36.0 Å². The number of hydrogen-bond donors (Lipinski definition) is 0. The topological polar surface area (TPSA) is 0 Å². The van der Waals surface area contributed by atoms with Crippen LogP contribution in [0, 0.1) is 11.3 Å². The Morgan fingerprint density at radius 1 is 1.29 bits per heavy atom. The predicted molar refractivity (Wildman–Crippen MR) is 80.2 cm³/mol. The Morgan fingerprint density at radius 2 is 1.88 bits per heavy atom. The summed E-state index contributed by atoms with van der Waals surface area (Å²) in [5.74, 6) is 0.680. The fourth-order valence-electron chi connectivity index (χ4n) is 2.27. The van der Waals surface area contributed by atoms with E-state index in [1.54, 1.807) is 11.1 Å². The highest BCUT2D eigenvalue weighted by atomic mass is 14.3. The van der Waals surface area contributed by atoms with E-state index in [2.05, 4.69) is 66.3 Å². The number of allylic oxidation sites excluding steroid dienone is 5. The molecule has 0 aromatic rings. The zero-order chi connectivity index (χ0) is 13.5. The standard InChI is InChI=1S/C17H30/c1-8-12-13-16(17(6,7)11-4)15(10-3)14(5)9-2/h8,11-12,14H,4,9-10,13H2,1-3,5-7H3. The third-order valence-corrected chi connectivity index (χ3v) is 3.82. The fourth-order valence-corrected chi connectivity index (χ4v) is 2.27. The maximum atomic E-state index is 4.00. The van der Waals surface area contributed by atoms with Crippen LogP contribution < -0.4 is 0 Å². The third kappa shape index (κ3) is 4.53. The normalized spacial score (nSPS) is 15.9. The van der Waals surface area contributed by atoms with E-state index in [1.165, 1.54) is 6.42 Å². The van der Waals surface area contributed by atoms with Crippen molar-refractivity contribution in [1.82, 2.24) is 0 Å². The van der Waals surface area contributed by atoms with Gasteiger partial charge in [-0.25, -0.2) is 0 Å². The van der Waals surface area contributed by atoms with Gasteiger partial charge in [0.2, 0.25) is 0 Å². The summed E-state index contributed by atoms with van der Waals surface area (Å²) in [7, 11) is 0. The second-order valence-corrected chi connectivity index (χ2v) is 5.37. The molecule has 0 aliphatic rings. The molecule has 1 atom stereocenters. The van der Waals surface area contributed by atoms with Gasteiger partial charge in [-0.1, -0.05) is 64.0 Å². The molecule has 0 saturated carbocycles. The van der Waals surface area contributed by atoms with Gasteiger partial charge in [-0.3, -0.25) is 0 Å². The second kappa shape index (κ2) is 7.53. The lowest BCUT2D eigenvalue weighted by Gasteiger charge is -2.29. The largest absolute Gasteiger partial charge is 0.102 e. The molecule has 0 heterocycles. The second-order valence-electron chi connectivity index (χ2n) is 5.37. The average Bonchev–Trinajstić information content (AvgIpc) is 2.33. The van der Waals surface area contributed by atoms with Gasteiger partial charge in [-0.05, 0) is 32.1 Å². The Balaban J connectivity index is 5.51. The molecule has 0 fully saturated rings. The minimum atomic E-state index is 0.105. The molecule has 1 unspecified atom stereocenters. The van der Waals surface area contributed by atoms with Gasteiger partial charge in [0, 0.05) is 5.41 Å². The maximum Gasteiger partial charge on any atom is 0.00374 e. The van der Waals surface area contributed by atoms with Crippen LogP contribution in [0.5, 0.6) is 0 Å². The quantitative estimate of drug-likeness (QED) is 0.480. The molecule has 98 valence electrons. The van der Waals surface area contributed by atoms with Crippen molar-refractivity contribution in [2.75, 3.05) is 0 Å². The minimum absolute atomic E-state index is 0.105. The van der Waals surface area contributed by atoms with E-state index in [0.29, 0.717) is 5.92 Å². The van der Waals surface area contributed by atoms with Crippen molar-refractivity contribution >= 4 is 0 Å². The summed E-state index contributed by atoms with van der Waals surface area (Å²) >= 11 is 0. The van der Waals surface area contributed by atoms with Crippen molar-refractivity contribution < 1.29 is 0 Å². The zero-order valence-electron chi connectivity index (χ0n) is 12.6. The number of rotatable bonds is 7. The Morgan fingerprint density at radius 3 is 2.24 bits per heavy atom. The molecule has 0 bridgehead atoms. The first-order valence-electron chi connectivity index (χ1n) is 6.91. The molecule has 0 nitrogen and oxygen atoms in total. The molecule has 0 aliphatic carbocycles. The first-order chi connectivity index (χ1) is 7.94. The lowest BCUT2D eigenvalue weighted by Crippen LogP contribution is -2.16. The van der Waals surface area contributed by atoms with E-state index in [-0.39, 0.29) is 5.41 Å². The van der Waals surface area contributed by atoms with Crippen molar-refractivity contribution in [1.29, 1.82) is 0 Å². The van der Waals surface area contributed by atoms with Gasteiger partial charge < -0.3 is 0 Å². The summed E-state index contributed by atoms with van der Waals surface area (Å²) in [5, 5.41) is 0. The summed E-state index contributed by atoms with van der Waals surface area (Å²) in [6.07, 6.45) is 9.92. The van der Waals surface area contributed by atoms with Crippen LogP contribution in [0.4, 0.5) is 0 Å². The van der Waals surface area contributed by atoms with Crippen LogP contribution in [0.1, 0.15) is 60.8 Å². The van der Waals surface area contributed by atoms with Crippen molar-refractivity contribution in [3.05, 3.63) is 36.0 Å². The average molecular weight is 234 g/mol. The van der Waals surface area contributed by atoms with E-state index < -0.39 is 0 Å². The monoisotopic (exact) mass is 234 g/mol. The van der Waals surface area contributed by atoms with Gasteiger partial charge in [-0.2, -0.15) is 0 Å². The Hall–Kier alpha value is -0.780. The molecule has 0 aromatic heterocycles. The minimum Gasteiger partial charge on any atom is -0.102 e. The molecular weight excluding hydrogens is 204 g/mol. The molecule has 0 spiro atoms. The summed E-state index contributed by atoms with van der Waals surface area (Å²) in [6.45, 7) is 17.5. The Bertz CT molecular complexity index is 289. The SMILES string of the molecule is C=CC(C)(C)C(CC=CC)=C(CC)C(C)CC. The molecule has 0 radical (unpaired) electrons. The lowest BCUT2D eigenvalue weighted by atomic mass is 9.76. The molecular formula is C17H30. The molecule has 0 N–H and O–H groups in total. The van der Waals surface area contributed by atoms with E-state index in [0.717, 1.165) is 12.8 Å². The van der Waals surface area contributed by atoms with Gasteiger partial charge in [0.05, 0.1) is 0 Å². The lowest BCUT2D eigenvalue weighted by molar-refractivity contribution is 0.525. The predicted octanol–water partition coefficient (Wildman–Crippen LogP) is 5.92. The smallest absolute Gasteiger partial charge is 0.00374 e. The van der Waals surface area contributed by atoms with Gasteiger partial charge in [0.1, 0.15) is 0 Å². The van der Waals surface area contributed by atoms with Crippen molar-refractivity contribution in [3.8, 4) is 0 Å². The zero-order valence-corrected chi connectivity index (χ0v) is 12.6. The van der Waals surface area contributed by atoms with Crippen LogP contribution in [-0.4, -0.2) is 0 Å². The van der Waals surface area contributed by atoms with Gasteiger partial charge in [0.25, 0.3) is 0 Å². The van der Waals surface area contributed by atoms with Crippen molar-refractivity contribution in [2.45, 2.75) is 60.8 Å². The molecule has 0 aliphatic heterocycles. The van der Waals surface area contributed by atoms with Gasteiger partial charge in [0.15, 0.2) is 0 Å². The van der Waals surface area contributed by atoms with Gasteiger partial charge >= 0.3 is 0 Å². The maximum absolute atomic E-state index is 4.00. The van der Waals surface area contributed by atoms with E-state index >= 15 is 0 Å². The summed E-state index contributed by atoms with van der Waals surface area (Å²) < 4.78 is 0. The first-order valence-corrected chi connectivity index (χ1v) is 6.91. The van der Waals surface area contributed by atoms with E-state index in [4.69, 9.17) is 0 Å². The van der Waals surface area contributed by atoms with Crippen LogP contribution >= 0.6 is 0 Å². The summed E-state index contributed by atoms with van der Waals surface area (Å²) in [4.78, 5) is 0. The Labute approximate surface area is 109 Å². The van der Waals surface area contributed by atoms with Crippen LogP contribution in [0.3, 0.4) is 0 Å². The molecule has 0 heteroatoms. The molecule has 0 amide bonds. The molecule has 17 heavy (non-hydrogen) atoms. The van der Waals surface area contributed by atoms with Crippen LogP contribution in [-0.2, 0) is 0 Å². The number of hydrogen-bond acceptors (Lipinski definition) is 0. The van der Waals surface area contributed by atoms with Crippen LogP contribution in [0.2, 0.25) is 0 Å². The fraction of sp³-hybridized carbons (Fsp3) is 0.647. The highest BCUT2D eigenvalue weighted by Gasteiger charge is 2.23. The van der Waals surface area contributed by atoms with Crippen LogP contribution in [0.25, 0.3) is 0 Å². The van der Waals surface area contributed by atoms with E-state index in [9.17, 15) is 0 Å². The van der Waals surface area contributed by atoms with Crippen molar-refractivity contribution in [3.63, 3.8) is 0 Å². The summed E-state index contributed by atoms with van der Waals surface area (Å²) in [6, 6.07) is 0. The van der Waals surface area contributed by atoms with Gasteiger partial charge in [-0.15, -0.1) is 6.58 Å². The molecule has 0 rings (SSSR count). The highest BCUT2D eigenvalue weighted by molar-refractivity contribution is 5.28. The van der Waals surface area contributed by atoms with E-state index in [1.807, 2.05) is 0 Å². The highest BCUT2D eigenvalue weighted by Crippen LogP contribution is 2.37. The first kappa shape index (κ1) is 16.2.